The first kappa shape index (κ1) is 18.0. The average molecular weight is 324 g/mol. The molecule has 0 bridgehead atoms. The molecule has 0 spiro atoms. The second kappa shape index (κ2) is 9.11. The molecule has 2 fully saturated rings. The van der Waals surface area contributed by atoms with E-state index in [9.17, 15) is 4.79 Å². The number of rotatable bonds is 4. The van der Waals surface area contributed by atoms with Crippen molar-refractivity contribution in [3.05, 3.63) is 0 Å². The molecule has 0 saturated carbocycles. The highest BCUT2D eigenvalue weighted by Gasteiger charge is 2.27. The topological polar surface area (TPSA) is 57.2 Å². The van der Waals surface area contributed by atoms with E-state index >= 15 is 0 Å². The number of aliphatic imine (C=N–C) groups is 1. The number of likely N-dealkylation sites (tertiary alicyclic amines) is 2. The summed E-state index contributed by atoms with van der Waals surface area (Å²) < 4.78 is 4.84. The fraction of sp³-hybridized carbons (Fsp3) is 0.882. The maximum absolute atomic E-state index is 11.6. The number of esters is 1. The molecule has 0 aliphatic carbocycles. The van der Waals surface area contributed by atoms with Crippen LogP contribution in [0.15, 0.2) is 4.99 Å². The molecule has 2 rings (SSSR count). The Hall–Kier alpha value is -1.30. The maximum atomic E-state index is 11.6. The average Bonchev–Trinajstić information content (AvgIpc) is 2.58. The van der Waals surface area contributed by atoms with Crippen LogP contribution in [0.5, 0.6) is 0 Å². The van der Waals surface area contributed by atoms with Gasteiger partial charge < -0.3 is 19.9 Å². The first-order valence-corrected chi connectivity index (χ1v) is 8.89. The molecule has 1 unspecified atom stereocenters. The van der Waals surface area contributed by atoms with E-state index in [1.54, 1.807) is 0 Å². The van der Waals surface area contributed by atoms with Crippen molar-refractivity contribution in [3.8, 4) is 0 Å². The van der Waals surface area contributed by atoms with Gasteiger partial charge in [0.15, 0.2) is 5.96 Å². The maximum Gasteiger partial charge on any atom is 0.308 e. The van der Waals surface area contributed by atoms with Gasteiger partial charge in [0.25, 0.3) is 0 Å². The number of hydrogen-bond acceptors (Lipinski definition) is 4. The second-order valence-electron chi connectivity index (χ2n) is 6.81. The Morgan fingerprint density at radius 1 is 1.26 bits per heavy atom. The van der Waals surface area contributed by atoms with Crippen LogP contribution in [0, 0.1) is 11.8 Å². The minimum Gasteiger partial charge on any atom is -0.469 e. The lowest BCUT2D eigenvalue weighted by Gasteiger charge is -2.34. The number of carbonyl (C=O) groups excluding carboxylic acids is 1. The van der Waals surface area contributed by atoms with Gasteiger partial charge in [0.05, 0.1) is 13.0 Å². The highest BCUT2D eigenvalue weighted by atomic mass is 16.5. The molecule has 1 N–H and O–H groups in total. The summed E-state index contributed by atoms with van der Waals surface area (Å²) >= 11 is 0. The monoisotopic (exact) mass is 324 g/mol. The predicted octanol–water partition coefficient (Wildman–Crippen LogP) is 1.18. The molecule has 2 aliphatic heterocycles. The van der Waals surface area contributed by atoms with E-state index in [0.717, 1.165) is 50.9 Å². The zero-order valence-corrected chi connectivity index (χ0v) is 14.9. The van der Waals surface area contributed by atoms with Crippen LogP contribution in [0.2, 0.25) is 0 Å². The quantitative estimate of drug-likeness (QED) is 0.478. The Morgan fingerprint density at radius 3 is 2.61 bits per heavy atom. The van der Waals surface area contributed by atoms with Crippen LogP contribution < -0.4 is 5.32 Å². The lowest BCUT2D eigenvalue weighted by atomic mass is 9.97. The SMILES string of the molecule is CN=C(NCCN1CCCC(C)C1)N1CCC(C(=O)OC)CC1. The normalized spacial score (nSPS) is 24.6. The van der Waals surface area contributed by atoms with Crippen LogP contribution in [0.3, 0.4) is 0 Å². The zero-order valence-electron chi connectivity index (χ0n) is 14.9. The van der Waals surface area contributed by atoms with Gasteiger partial charge in [-0.1, -0.05) is 6.92 Å². The number of methoxy groups -OCH3 is 1. The molecule has 2 saturated heterocycles. The smallest absolute Gasteiger partial charge is 0.308 e. The second-order valence-corrected chi connectivity index (χ2v) is 6.81. The molecule has 132 valence electrons. The number of piperidine rings is 2. The third kappa shape index (κ3) is 5.37. The van der Waals surface area contributed by atoms with Gasteiger partial charge in [-0.3, -0.25) is 9.79 Å². The summed E-state index contributed by atoms with van der Waals surface area (Å²) in [5.41, 5.74) is 0. The van der Waals surface area contributed by atoms with Crippen LogP contribution in [0.25, 0.3) is 0 Å². The van der Waals surface area contributed by atoms with Gasteiger partial charge in [-0.2, -0.15) is 0 Å². The van der Waals surface area contributed by atoms with Crippen LogP contribution in [0.4, 0.5) is 0 Å². The fourth-order valence-corrected chi connectivity index (χ4v) is 3.64. The van der Waals surface area contributed by atoms with Crippen molar-refractivity contribution in [1.82, 2.24) is 15.1 Å². The molecular weight excluding hydrogens is 292 g/mol. The number of nitrogens with zero attached hydrogens (tertiary/aromatic N) is 3. The first-order valence-electron chi connectivity index (χ1n) is 8.89. The minimum atomic E-state index is -0.0770. The van der Waals surface area contributed by atoms with Crippen LogP contribution in [-0.4, -0.2) is 75.2 Å². The van der Waals surface area contributed by atoms with Crippen molar-refractivity contribution < 1.29 is 9.53 Å². The summed E-state index contributed by atoms with van der Waals surface area (Å²) in [5.74, 6) is 1.75. The van der Waals surface area contributed by atoms with Crippen molar-refractivity contribution in [1.29, 1.82) is 0 Å². The molecule has 2 heterocycles. The number of nitrogens with one attached hydrogen (secondary N) is 1. The van der Waals surface area contributed by atoms with Gasteiger partial charge in [-0.25, -0.2) is 0 Å². The molecule has 0 aromatic rings. The highest BCUT2D eigenvalue weighted by molar-refractivity contribution is 5.80. The Morgan fingerprint density at radius 2 is 2.00 bits per heavy atom. The van der Waals surface area contributed by atoms with Crippen molar-refractivity contribution in [2.45, 2.75) is 32.6 Å². The molecule has 0 aromatic carbocycles. The van der Waals surface area contributed by atoms with E-state index < -0.39 is 0 Å². The Balaban J connectivity index is 1.70. The molecule has 0 radical (unpaired) electrons. The van der Waals surface area contributed by atoms with Gasteiger partial charge in [-0.05, 0) is 38.1 Å². The zero-order chi connectivity index (χ0) is 16.7. The lowest BCUT2D eigenvalue weighted by Crippen LogP contribution is -2.48. The molecule has 6 nitrogen and oxygen atoms in total. The third-order valence-electron chi connectivity index (χ3n) is 4.99. The Bertz CT molecular complexity index is 405. The highest BCUT2D eigenvalue weighted by Crippen LogP contribution is 2.18. The first-order chi connectivity index (χ1) is 11.1. The number of ether oxygens (including phenoxy) is 1. The van der Waals surface area contributed by atoms with E-state index in [1.165, 1.54) is 33.0 Å². The lowest BCUT2D eigenvalue weighted by molar-refractivity contribution is -0.146. The summed E-state index contributed by atoms with van der Waals surface area (Å²) in [4.78, 5) is 20.8. The fourth-order valence-electron chi connectivity index (χ4n) is 3.64. The molecule has 2 aliphatic rings. The van der Waals surface area contributed by atoms with E-state index in [2.05, 4.69) is 27.0 Å². The van der Waals surface area contributed by atoms with Crippen molar-refractivity contribution in [3.63, 3.8) is 0 Å². The Labute approximate surface area is 140 Å². The van der Waals surface area contributed by atoms with E-state index in [1.807, 2.05) is 7.05 Å². The molecule has 0 amide bonds. The van der Waals surface area contributed by atoms with Crippen molar-refractivity contribution in [2.75, 3.05) is 53.4 Å². The van der Waals surface area contributed by atoms with E-state index in [0.29, 0.717) is 0 Å². The van der Waals surface area contributed by atoms with Gasteiger partial charge in [-0.15, -0.1) is 0 Å². The van der Waals surface area contributed by atoms with Crippen molar-refractivity contribution >= 4 is 11.9 Å². The number of carbonyl (C=O) groups is 1. The summed E-state index contributed by atoms with van der Waals surface area (Å²) in [6.07, 6.45) is 4.37. The predicted molar refractivity (Wildman–Crippen MR) is 92.5 cm³/mol. The largest absolute Gasteiger partial charge is 0.469 e. The number of hydrogen-bond donors (Lipinski definition) is 1. The van der Waals surface area contributed by atoms with E-state index in [4.69, 9.17) is 4.74 Å². The number of guanidine groups is 1. The van der Waals surface area contributed by atoms with E-state index in [-0.39, 0.29) is 11.9 Å². The van der Waals surface area contributed by atoms with Gasteiger partial charge in [0.1, 0.15) is 0 Å². The summed E-state index contributed by atoms with van der Waals surface area (Å²) in [6, 6.07) is 0. The van der Waals surface area contributed by atoms with Gasteiger partial charge in [0, 0.05) is 39.8 Å². The molecular formula is C17H32N4O2. The molecule has 23 heavy (non-hydrogen) atoms. The van der Waals surface area contributed by atoms with Crippen molar-refractivity contribution in [2.24, 2.45) is 16.8 Å². The molecule has 6 heteroatoms. The summed E-state index contributed by atoms with van der Waals surface area (Å²) in [5, 5.41) is 3.48. The molecule has 1 atom stereocenters. The standard InChI is InChI=1S/C17H32N4O2/c1-14-5-4-9-20(13-14)12-8-19-17(18-2)21-10-6-15(7-11-21)16(22)23-3/h14-15H,4-13H2,1-3H3,(H,18,19). The summed E-state index contributed by atoms with van der Waals surface area (Å²) in [7, 11) is 3.30. The molecule has 0 aromatic heterocycles. The van der Waals surface area contributed by atoms with Gasteiger partial charge in [0.2, 0.25) is 0 Å². The Kier molecular flexibility index (Phi) is 7.15. The van der Waals surface area contributed by atoms with Crippen LogP contribution in [0.1, 0.15) is 32.6 Å². The third-order valence-corrected chi connectivity index (χ3v) is 4.99. The van der Waals surface area contributed by atoms with Crippen LogP contribution in [-0.2, 0) is 9.53 Å². The minimum absolute atomic E-state index is 0.0455. The summed E-state index contributed by atoms with van der Waals surface area (Å²) in [6.45, 7) is 8.49. The van der Waals surface area contributed by atoms with Crippen LogP contribution >= 0.6 is 0 Å². The van der Waals surface area contributed by atoms with Gasteiger partial charge >= 0.3 is 5.97 Å².